The van der Waals surface area contributed by atoms with Gasteiger partial charge < -0.3 is 10.1 Å². The molecule has 0 amide bonds. The molecule has 0 aliphatic heterocycles. The van der Waals surface area contributed by atoms with E-state index in [0.717, 1.165) is 6.29 Å². The number of carbonyl (C=O) groups excluding carboxylic acids is 1. The molecule has 1 N–H and O–H groups in total. The molecular weight excluding hydrogens is 198 g/mol. The first kappa shape index (κ1) is 11.2. The van der Waals surface area contributed by atoms with Crippen LogP contribution in [0.2, 0.25) is 0 Å². The van der Waals surface area contributed by atoms with Gasteiger partial charge in [-0.05, 0) is 12.5 Å². The summed E-state index contributed by atoms with van der Waals surface area (Å²) in [6.45, 7) is 2.72. The maximum absolute atomic E-state index is 10.5. The molecule has 0 saturated heterocycles. The highest BCUT2D eigenvalue weighted by atomic mass is 35.5. The second-order valence-corrected chi connectivity index (χ2v) is 3.58. The van der Waals surface area contributed by atoms with Gasteiger partial charge in [0.15, 0.2) is 0 Å². The molecular formula is C11H14ClNO. The summed E-state index contributed by atoms with van der Waals surface area (Å²) in [6.07, 6.45) is 0.836. The average Bonchev–Trinajstić information content (AvgIpc) is 2.19. The van der Waals surface area contributed by atoms with Crippen molar-refractivity contribution < 1.29 is 4.79 Å². The summed E-state index contributed by atoms with van der Waals surface area (Å²) in [6, 6.07) is 7.90. The van der Waals surface area contributed by atoms with Crippen LogP contribution in [-0.2, 0) is 11.3 Å². The van der Waals surface area contributed by atoms with Crippen molar-refractivity contribution in [3.63, 3.8) is 0 Å². The van der Waals surface area contributed by atoms with E-state index in [4.69, 9.17) is 11.6 Å². The van der Waals surface area contributed by atoms with Crippen LogP contribution in [0.15, 0.2) is 24.3 Å². The normalized spacial score (nSPS) is 12.4. The molecule has 0 radical (unpaired) electrons. The molecule has 0 aliphatic rings. The molecule has 0 aromatic heterocycles. The van der Waals surface area contributed by atoms with E-state index in [1.807, 2.05) is 25.1 Å². The summed E-state index contributed by atoms with van der Waals surface area (Å²) in [4.78, 5) is 10.5. The molecule has 0 spiro atoms. The zero-order chi connectivity index (χ0) is 10.4. The third kappa shape index (κ3) is 3.48. The van der Waals surface area contributed by atoms with E-state index < -0.39 is 0 Å². The lowest BCUT2D eigenvalue weighted by atomic mass is 10.1. The first-order valence-electron chi connectivity index (χ1n) is 4.56. The van der Waals surface area contributed by atoms with Crippen LogP contribution in [0.3, 0.4) is 0 Å². The monoisotopic (exact) mass is 211 g/mol. The first-order valence-corrected chi connectivity index (χ1v) is 5.10. The summed E-state index contributed by atoms with van der Waals surface area (Å²) in [7, 11) is 0. The molecule has 3 heteroatoms. The van der Waals surface area contributed by atoms with Gasteiger partial charge in [0.2, 0.25) is 0 Å². The highest BCUT2D eigenvalue weighted by molar-refractivity contribution is 6.19. The van der Waals surface area contributed by atoms with Crippen LogP contribution in [0.25, 0.3) is 0 Å². The Morgan fingerprint density at radius 3 is 2.93 bits per heavy atom. The van der Waals surface area contributed by atoms with Crippen molar-refractivity contribution >= 4 is 17.9 Å². The molecule has 0 fully saturated rings. The van der Waals surface area contributed by atoms with Gasteiger partial charge in [-0.3, -0.25) is 0 Å². The zero-order valence-corrected chi connectivity index (χ0v) is 8.92. The van der Waals surface area contributed by atoms with E-state index in [0.29, 0.717) is 12.4 Å². The van der Waals surface area contributed by atoms with E-state index in [-0.39, 0.29) is 6.04 Å². The Hall–Kier alpha value is -0.860. The van der Waals surface area contributed by atoms with Crippen molar-refractivity contribution in [3.8, 4) is 0 Å². The predicted octanol–water partition coefficient (Wildman–Crippen LogP) is 1.89. The minimum atomic E-state index is -0.253. The second-order valence-electron chi connectivity index (χ2n) is 3.27. The fourth-order valence-corrected chi connectivity index (χ4v) is 1.39. The van der Waals surface area contributed by atoms with Crippen molar-refractivity contribution in [2.24, 2.45) is 0 Å². The largest absolute Gasteiger partial charge is 0.303 e. The van der Waals surface area contributed by atoms with Crippen molar-refractivity contribution in [3.05, 3.63) is 35.4 Å². The molecule has 76 valence electrons. The van der Waals surface area contributed by atoms with Crippen LogP contribution < -0.4 is 5.32 Å². The molecule has 14 heavy (non-hydrogen) atoms. The summed E-state index contributed by atoms with van der Waals surface area (Å²) >= 11 is 5.57. The first-order chi connectivity index (χ1) is 6.76. The highest BCUT2D eigenvalue weighted by Crippen LogP contribution is 2.03. The zero-order valence-electron chi connectivity index (χ0n) is 8.16. The van der Waals surface area contributed by atoms with Crippen LogP contribution in [0.1, 0.15) is 11.1 Å². The maximum Gasteiger partial charge on any atom is 0.138 e. The Bertz CT molecular complexity index is 301. The Kier molecular flexibility index (Phi) is 4.63. The molecule has 1 unspecified atom stereocenters. The lowest BCUT2D eigenvalue weighted by Gasteiger charge is -2.09. The molecule has 1 atom stereocenters. The van der Waals surface area contributed by atoms with E-state index >= 15 is 0 Å². The average molecular weight is 212 g/mol. The van der Waals surface area contributed by atoms with Crippen molar-refractivity contribution in [1.82, 2.24) is 5.32 Å². The van der Waals surface area contributed by atoms with Gasteiger partial charge in [0, 0.05) is 12.4 Å². The van der Waals surface area contributed by atoms with Gasteiger partial charge in [-0.2, -0.15) is 0 Å². The van der Waals surface area contributed by atoms with Gasteiger partial charge in [-0.15, -0.1) is 11.6 Å². The topological polar surface area (TPSA) is 29.1 Å². The molecule has 1 rings (SSSR count). The smallest absolute Gasteiger partial charge is 0.138 e. The molecule has 0 saturated carbocycles. The number of aryl methyl sites for hydroxylation is 1. The molecule has 1 aromatic rings. The number of alkyl halides is 1. The van der Waals surface area contributed by atoms with Crippen molar-refractivity contribution in [2.75, 3.05) is 5.88 Å². The lowest BCUT2D eigenvalue weighted by molar-refractivity contribution is -0.109. The minimum absolute atomic E-state index is 0.253. The number of benzene rings is 1. The maximum atomic E-state index is 10.5. The molecule has 0 aliphatic carbocycles. The van der Waals surface area contributed by atoms with E-state index in [2.05, 4.69) is 11.4 Å². The SMILES string of the molecule is Cc1cccc(CNC(C=O)CCl)c1. The number of nitrogens with one attached hydrogen (secondary N) is 1. The van der Waals surface area contributed by atoms with Gasteiger partial charge in [-0.1, -0.05) is 29.8 Å². The Balaban J connectivity index is 2.48. The summed E-state index contributed by atoms with van der Waals surface area (Å²) < 4.78 is 0. The van der Waals surface area contributed by atoms with E-state index in [1.54, 1.807) is 0 Å². The fraction of sp³-hybridized carbons (Fsp3) is 0.364. The summed E-state index contributed by atoms with van der Waals surface area (Å²) in [5.74, 6) is 0.315. The Morgan fingerprint density at radius 1 is 1.57 bits per heavy atom. The quantitative estimate of drug-likeness (QED) is 0.596. The fourth-order valence-electron chi connectivity index (χ4n) is 1.21. The van der Waals surface area contributed by atoms with Crippen molar-refractivity contribution in [1.29, 1.82) is 0 Å². The summed E-state index contributed by atoms with van der Waals surface area (Å²) in [5.41, 5.74) is 2.39. The van der Waals surface area contributed by atoms with Gasteiger partial charge in [0.1, 0.15) is 6.29 Å². The predicted molar refractivity (Wildman–Crippen MR) is 58.6 cm³/mol. The Labute approximate surface area is 89.3 Å². The molecule has 0 heterocycles. The number of halogens is 1. The summed E-state index contributed by atoms with van der Waals surface area (Å²) in [5, 5.41) is 3.06. The van der Waals surface area contributed by atoms with Crippen molar-refractivity contribution in [2.45, 2.75) is 19.5 Å². The van der Waals surface area contributed by atoms with Gasteiger partial charge in [-0.25, -0.2) is 0 Å². The van der Waals surface area contributed by atoms with Crippen LogP contribution >= 0.6 is 11.6 Å². The van der Waals surface area contributed by atoms with Gasteiger partial charge in [0.05, 0.1) is 6.04 Å². The van der Waals surface area contributed by atoms with Crippen LogP contribution in [0.5, 0.6) is 0 Å². The molecule has 0 bridgehead atoms. The van der Waals surface area contributed by atoms with E-state index in [9.17, 15) is 4.79 Å². The van der Waals surface area contributed by atoms with Crippen LogP contribution in [0, 0.1) is 6.92 Å². The van der Waals surface area contributed by atoms with E-state index in [1.165, 1.54) is 11.1 Å². The number of carbonyl (C=O) groups is 1. The number of hydrogen-bond donors (Lipinski definition) is 1. The third-order valence-corrected chi connectivity index (χ3v) is 2.31. The standard InChI is InChI=1S/C11H14ClNO/c1-9-3-2-4-10(5-9)7-13-11(6-12)8-14/h2-5,8,11,13H,6-7H2,1H3. The number of aldehydes is 1. The number of hydrogen-bond acceptors (Lipinski definition) is 2. The molecule has 2 nitrogen and oxygen atoms in total. The third-order valence-electron chi connectivity index (χ3n) is 1.98. The van der Waals surface area contributed by atoms with Gasteiger partial charge >= 0.3 is 0 Å². The molecule has 1 aromatic carbocycles. The minimum Gasteiger partial charge on any atom is -0.303 e. The Morgan fingerprint density at radius 2 is 2.36 bits per heavy atom. The van der Waals surface area contributed by atoms with Crippen LogP contribution in [-0.4, -0.2) is 18.2 Å². The highest BCUT2D eigenvalue weighted by Gasteiger charge is 2.03. The lowest BCUT2D eigenvalue weighted by Crippen LogP contribution is -2.31. The van der Waals surface area contributed by atoms with Gasteiger partial charge in [0.25, 0.3) is 0 Å². The number of rotatable bonds is 5. The second kappa shape index (κ2) is 5.78. The van der Waals surface area contributed by atoms with Crippen LogP contribution in [0.4, 0.5) is 0 Å².